The van der Waals surface area contributed by atoms with Gasteiger partial charge in [0.25, 0.3) is 5.69 Å². The van der Waals surface area contributed by atoms with Crippen molar-refractivity contribution in [2.24, 2.45) is 0 Å². The zero-order chi connectivity index (χ0) is 16.0. The van der Waals surface area contributed by atoms with Crippen molar-refractivity contribution in [2.75, 3.05) is 13.7 Å². The van der Waals surface area contributed by atoms with E-state index in [0.29, 0.717) is 12.8 Å². The average Bonchev–Trinajstić information content (AvgIpc) is 2.43. The molecule has 0 aliphatic carbocycles. The van der Waals surface area contributed by atoms with Gasteiger partial charge in [0, 0.05) is 12.6 Å². The summed E-state index contributed by atoms with van der Waals surface area (Å²) in [5.74, 6) is 0.203. The van der Waals surface area contributed by atoms with Crippen molar-refractivity contribution < 1.29 is 23.2 Å². The van der Waals surface area contributed by atoms with Crippen molar-refractivity contribution in [1.29, 1.82) is 0 Å². The Balaban J connectivity index is 3.10. The Morgan fingerprint density at radius 3 is 2.67 bits per heavy atom. The van der Waals surface area contributed by atoms with Gasteiger partial charge in [-0.2, -0.15) is 0 Å². The molecule has 9 heteroatoms. The molecule has 1 aromatic rings. The van der Waals surface area contributed by atoms with Gasteiger partial charge in [-0.25, -0.2) is 13.1 Å². The molecule has 0 radical (unpaired) electrons. The Morgan fingerprint density at radius 1 is 1.48 bits per heavy atom. The summed E-state index contributed by atoms with van der Waals surface area (Å²) >= 11 is 0. The van der Waals surface area contributed by atoms with Gasteiger partial charge < -0.3 is 9.84 Å². The molecular formula is C12H18N2O6S. The van der Waals surface area contributed by atoms with Gasteiger partial charge in [-0.15, -0.1) is 0 Å². The van der Waals surface area contributed by atoms with Crippen molar-refractivity contribution >= 4 is 15.7 Å². The van der Waals surface area contributed by atoms with Crippen LogP contribution in [0.5, 0.6) is 5.75 Å². The number of sulfonamides is 1. The topological polar surface area (TPSA) is 119 Å². The predicted molar refractivity (Wildman–Crippen MR) is 75.8 cm³/mol. The minimum absolute atomic E-state index is 0.0469. The Kier molecular flexibility index (Phi) is 6.06. The Morgan fingerprint density at radius 2 is 2.14 bits per heavy atom. The van der Waals surface area contributed by atoms with E-state index in [1.165, 1.54) is 13.2 Å². The van der Waals surface area contributed by atoms with Crippen LogP contribution in [-0.4, -0.2) is 38.2 Å². The number of nitro groups is 1. The Labute approximate surface area is 122 Å². The third-order valence-electron chi connectivity index (χ3n) is 2.80. The predicted octanol–water partition coefficient (Wildman–Crippen LogP) is 1.04. The average molecular weight is 318 g/mol. The third kappa shape index (κ3) is 4.66. The third-order valence-corrected chi connectivity index (χ3v) is 4.44. The van der Waals surface area contributed by atoms with E-state index in [-0.39, 0.29) is 12.4 Å². The van der Waals surface area contributed by atoms with E-state index >= 15 is 0 Å². The van der Waals surface area contributed by atoms with Crippen LogP contribution in [0, 0.1) is 10.1 Å². The number of nitrogens with zero attached hydrogens (tertiary/aromatic N) is 1. The number of rotatable bonds is 8. The fourth-order valence-corrected chi connectivity index (χ4v) is 3.21. The highest BCUT2D eigenvalue weighted by atomic mass is 32.2. The lowest BCUT2D eigenvalue weighted by molar-refractivity contribution is -0.387. The monoisotopic (exact) mass is 318 g/mol. The first kappa shape index (κ1) is 17.3. The van der Waals surface area contributed by atoms with Crippen LogP contribution in [0.2, 0.25) is 0 Å². The normalized spacial score (nSPS) is 12.9. The van der Waals surface area contributed by atoms with Gasteiger partial charge in [0.15, 0.2) is 4.90 Å². The lowest BCUT2D eigenvalue weighted by Crippen LogP contribution is -2.33. The number of aliphatic hydroxyl groups is 1. The fourth-order valence-electron chi connectivity index (χ4n) is 1.78. The van der Waals surface area contributed by atoms with E-state index in [9.17, 15) is 18.5 Å². The molecule has 1 unspecified atom stereocenters. The van der Waals surface area contributed by atoms with E-state index in [2.05, 4.69) is 4.72 Å². The molecule has 21 heavy (non-hydrogen) atoms. The molecule has 1 atom stereocenters. The molecule has 8 nitrogen and oxygen atoms in total. The second-order valence-corrected chi connectivity index (χ2v) is 6.16. The zero-order valence-corrected chi connectivity index (χ0v) is 12.6. The van der Waals surface area contributed by atoms with Gasteiger partial charge in [0.1, 0.15) is 5.75 Å². The van der Waals surface area contributed by atoms with Crippen LogP contribution in [0.4, 0.5) is 5.69 Å². The van der Waals surface area contributed by atoms with E-state index in [1.807, 2.05) is 0 Å². The first-order valence-corrected chi connectivity index (χ1v) is 7.75. The minimum Gasteiger partial charge on any atom is -0.497 e. The van der Waals surface area contributed by atoms with Gasteiger partial charge >= 0.3 is 0 Å². The van der Waals surface area contributed by atoms with Crippen LogP contribution in [0.25, 0.3) is 0 Å². The highest BCUT2D eigenvalue weighted by molar-refractivity contribution is 7.89. The largest absolute Gasteiger partial charge is 0.497 e. The second-order valence-electron chi connectivity index (χ2n) is 4.48. The van der Waals surface area contributed by atoms with Crippen molar-refractivity contribution in [1.82, 2.24) is 4.72 Å². The van der Waals surface area contributed by atoms with E-state index in [0.717, 1.165) is 12.1 Å². The Bertz CT molecular complexity index is 602. The summed E-state index contributed by atoms with van der Waals surface area (Å²) in [5.41, 5.74) is -0.545. The van der Waals surface area contributed by atoms with Crippen molar-refractivity contribution in [2.45, 2.75) is 30.7 Å². The first-order valence-electron chi connectivity index (χ1n) is 6.27. The number of nitrogens with one attached hydrogen (secondary N) is 1. The summed E-state index contributed by atoms with van der Waals surface area (Å²) < 4.78 is 31.6. The summed E-state index contributed by atoms with van der Waals surface area (Å²) in [5, 5.41) is 19.7. The fraction of sp³-hybridized carbons (Fsp3) is 0.500. The standard InChI is InChI=1S/C12H18N2O6S/c1-9(4-3-7-15)13-21(18,19)12-6-5-10(20-2)8-11(12)14(16)17/h5-6,8-9,13,15H,3-4,7H2,1-2H3. The van der Waals surface area contributed by atoms with Crippen molar-refractivity contribution in [3.8, 4) is 5.75 Å². The van der Waals surface area contributed by atoms with Gasteiger partial charge in [-0.05, 0) is 31.9 Å². The summed E-state index contributed by atoms with van der Waals surface area (Å²) in [4.78, 5) is 9.84. The van der Waals surface area contributed by atoms with Gasteiger partial charge in [-0.3, -0.25) is 10.1 Å². The molecule has 1 rings (SSSR count). The first-order chi connectivity index (χ1) is 9.81. The smallest absolute Gasteiger partial charge is 0.293 e. The highest BCUT2D eigenvalue weighted by Crippen LogP contribution is 2.28. The second kappa shape index (κ2) is 7.34. The maximum atomic E-state index is 12.2. The quantitative estimate of drug-likeness (QED) is 0.546. The Hall–Kier alpha value is -1.71. The van der Waals surface area contributed by atoms with E-state index in [4.69, 9.17) is 9.84 Å². The van der Waals surface area contributed by atoms with Crippen LogP contribution >= 0.6 is 0 Å². The molecule has 0 fully saturated rings. The number of hydrogen-bond acceptors (Lipinski definition) is 6. The maximum absolute atomic E-state index is 12.2. The highest BCUT2D eigenvalue weighted by Gasteiger charge is 2.27. The van der Waals surface area contributed by atoms with Crippen LogP contribution in [0.1, 0.15) is 19.8 Å². The number of ether oxygens (including phenoxy) is 1. The molecular weight excluding hydrogens is 300 g/mol. The molecule has 0 bridgehead atoms. The van der Waals surface area contributed by atoms with Crippen LogP contribution < -0.4 is 9.46 Å². The van der Waals surface area contributed by atoms with Gasteiger partial charge in [0.2, 0.25) is 10.0 Å². The zero-order valence-electron chi connectivity index (χ0n) is 11.8. The lowest BCUT2D eigenvalue weighted by atomic mass is 10.2. The number of aliphatic hydroxyl groups excluding tert-OH is 1. The van der Waals surface area contributed by atoms with Gasteiger partial charge in [-0.1, -0.05) is 0 Å². The lowest BCUT2D eigenvalue weighted by Gasteiger charge is -2.14. The van der Waals surface area contributed by atoms with Crippen molar-refractivity contribution in [3.05, 3.63) is 28.3 Å². The molecule has 1 aromatic carbocycles. The maximum Gasteiger partial charge on any atom is 0.293 e. The van der Waals surface area contributed by atoms with E-state index < -0.39 is 31.6 Å². The summed E-state index contributed by atoms with van der Waals surface area (Å²) in [6.07, 6.45) is 0.869. The molecule has 0 amide bonds. The molecule has 0 aromatic heterocycles. The summed E-state index contributed by atoms with van der Waals surface area (Å²) in [6, 6.07) is 3.11. The number of hydrogen-bond donors (Lipinski definition) is 2. The van der Waals surface area contributed by atoms with E-state index in [1.54, 1.807) is 6.92 Å². The molecule has 2 N–H and O–H groups in total. The van der Waals surface area contributed by atoms with Crippen LogP contribution in [0.3, 0.4) is 0 Å². The molecule has 0 saturated carbocycles. The number of benzene rings is 1. The molecule has 0 aliphatic heterocycles. The SMILES string of the molecule is COc1ccc(S(=O)(=O)NC(C)CCCO)c([N+](=O)[O-])c1. The van der Waals surface area contributed by atoms with Crippen LogP contribution in [0.15, 0.2) is 23.1 Å². The summed E-state index contributed by atoms with van der Waals surface area (Å²) in [7, 11) is -2.68. The molecule has 0 heterocycles. The van der Waals surface area contributed by atoms with Crippen molar-refractivity contribution in [3.63, 3.8) is 0 Å². The number of nitro benzene ring substituents is 1. The molecule has 0 spiro atoms. The molecule has 118 valence electrons. The van der Waals surface area contributed by atoms with Crippen LogP contribution in [-0.2, 0) is 10.0 Å². The summed E-state index contributed by atoms with van der Waals surface area (Å²) in [6.45, 7) is 1.58. The number of methoxy groups -OCH3 is 1. The van der Waals surface area contributed by atoms with Gasteiger partial charge in [0.05, 0.1) is 18.1 Å². The molecule has 0 saturated heterocycles. The minimum atomic E-state index is -4.02. The molecule has 0 aliphatic rings.